The number of nitrogens with zero attached hydrogens (tertiary/aromatic N) is 2. The van der Waals surface area contributed by atoms with Gasteiger partial charge in [0.05, 0.1) is 17.4 Å². The smallest absolute Gasteiger partial charge is 0.244 e. The molecule has 1 N–H and O–H groups in total. The monoisotopic (exact) mass is 295 g/mol. The van der Waals surface area contributed by atoms with Crippen molar-refractivity contribution < 1.29 is 12.8 Å². The summed E-state index contributed by atoms with van der Waals surface area (Å²) in [6, 6.07) is 1.04. The van der Waals surface area contributed by atoms with Crippen molar-refractivity contribution in [1.82, 2.24) is 14.7 Å². The summed E-state index contributed by atoms with van der Waals surface area (Å²) in [4.78, 5) is 8.44. The molecule has 2 heterocycles. The van der Waals surface area contributed by atoms with Gasteiger partial charge in [-0.25, -0.2) is 13.1 Å². The Hall–Kier alpha value is -1.73. The van der Waals surface area contributed by atoms with Crippen LogP contribution in [0.4, 0.5) is 0 Å². The van der Waals surface area contributed by atoms with E-state index in [0.29, 0.717) is 22.9 Å². The van der Waals surface area contributed by atoms with Crippen LogP contribution in [0.2, 0.25) is 0 Å². The van der Waals surface area contributed by atoms with Crippen molar-refractivity contribution in [1.29, 1.82) is 0 Å². The fraction of sp³-hybridized carbons (Fsp3) is 0.385. The maximum atomic E-state index is 12.3. The quantitative estimate of drug-likeness (QED) is 0.933. The van der Waals surface area contributed by atoms with Gasteiger partial charge in [-0.2, -0.15) is 0 Å². The first-order chi connectivity index (χ1) is 9.31. The van der Waals surface area contributed by atoms with Gasteiger partial charge in [-0.15, -0.1) is 0 Å². The fourth-order valence-corrected chi connectivity index (χ4v) is 3.52. The molecule has 2 aromatic heterocycles. The van der Waals surface area contributed by atoms with E-state index in [2.05, 4.69) is 14.7 Å². The lowest BCUT2D eigenvalue weighted by Gasteiger charge is -2.14. The van der Waals surface area contributed by atoms with Gasteiger partial charge in [-0.1, -0.05) is 0 Å². The van der Waals surface area contributed by atoms with E-state index >= 15 is 0 Å². The second-order valence-electron chi connectivity index (χ2n) is 4.65. The van der Waals surface area contributed by atoms with Crippen LogP contribution in [0.5, 0.6) is 0 Å². The van der Waals surface area contributed by atoms with Crippen LogP contribution in [0.1, 0.15) is 35.9 Å². The lowest BCUT2D eigenvalue weighted by atomic mass is 10.2. The average Bonchev–Trinajstić information content (AvgIpc) is 2.69. The highest BCUT2D eigenvalue weighted by Gasteiger charge is 2.24. The number of hydrogen-bond acceptors (Lipinski definition) is 5. The molecule has 108 valence electrons. The third-order valence-electron chi connectivity index (χ3n) is 2.95. The van der Waals surface area contributed by atoms with Gasteiger partial charge in [0.1, 0.15) is 16.4 Å². The Kier molecular flexibility index (Phi) is 3.92. The van der Waals surface area contributed by atoms with Crippen LogP contribution >= 0.6 is 0 Å². The molecule has 7 heteroatoms. The Morgan fingerprint density at radius 2 is 1.85 bits per heavy atom. The van der Waals surface area contributed by atoms with E-state index in [4.69, 9.17) is 4.42 Å². The Morgan fingerprint density at radius 1 is 1.20 bits per heavy atom. The summed E-state index contributed by atoms with van der Waals surface area (Å²) in [5.74, 6) is 0.935. The first kappa shape index (κ1) is 14.7. The SMILES string of the molecule is Cc1cc(S(=O)(=O)N[C@H](C)c2nccnc2C)c(C)o1. The lowest BCUT2D eigenvalue weighted by molar-refractivity contribution is 0.495. The number of nitrogens with one attached hydrogen (secondary N) is 1. The molecule has 6 nitrogen and oxygen atoms in total. The largest absolute Gasteiger partial charge is 0.465 e. The van der Waals surface area contributed by atoms with E-state index in [0.717, 1.165) is 0 Å². The first-order valence-corrected chi connectivity index (χ1v) is 7.66. The number of aryl methyl sites for hydroxylation is 3. The Morgan fingerprint density at radius 3 is 2.40 bits per heavy atom. The van der Waals surface area contributed by atoms with Gasteiger partial charge < -0.3 is 4.42 Å². The third kappa shape index (κ3) is 2.88. The average molecular weight is 295 g/mol. The summed E-state index contributed by atoms with van der Waals surface area (Å²) in [5, 5.41) is 0. The predicted molar refractivity (Wildman–Crippen MR) is 73.7 cm³/mol. The maximum absolute atomic E-state index is 12.3. The van der Waals surface area contributed by atoms with Crippen LogP contribution in [-0.4, -0.2) is 18.4 Å². The number of sulfonamides is 1. The molecular formula is C13H17N3O3S. The molecule has 0 saturated carbocycles. The van der Waals surface area contributed by atoms with Crippen LogP contribution in [0.3, 0.4) is 0 Å². The fourth-order valence-electron chi connectivity index (χ4n) is 2.07. The van der Waals surface area contributed by atoms with Crippen LogP contribution in [0, 0.1) is 20.8 Å². The molecule has 0 aromatic carbocycles. The zero-order valence-electron chi connectivity index (χ0n) is 11.8. The second kappa shape index (κ2) is 5.34. The summed E-state index contributed by atoms with van der Waals surface area (Å²) in [6.07, 6.45) is 3.12. The van der Waals surface area contributed by atoms with Gasteiger partial charge in [-0.05, 0) is 33.8 Å². The molecule has 0 spiro atoms. The van der Waals surface area contributed by atoms with Crippen molar-refractivity contribution >= 4 is 10.0 Å². The van der Waals surface area contributed by atoms with E-state index in [1.807, 2.05) is 0 Å². The summed E-state index contributed by atoms with van der Waals surface area (Å²) < 4.78 is 32.5. The van der Waals surface area contributed by atoms with E-state index in [9.17, 15) is 8.42 Å². The minimum Gasteiger partial charge on any atom is -0.465 e. The maximum Gasteiger partial charge on any atom is 0.244 e. The molecule has 1 atom stereocenters. The van der Waals surface area contributed by atoms with Crippen LogP contribution in [0.25, 0.3) is 0 Å². The van der Waals surface area contributed by atoms with Gasteiger partial charge in [0.25, 0.3) is 0 Å². The normalized spacial score (nSPS) is 13.4. The molecule has 0 amide bonds. The Labute approximate surface area is 118 Å². The van der Waals surface area contributed by atoms with Crippen LogP contribution in [-0.2, 0) is 10.0 Å². The Bertz CT molecular complexity index is 722. The molecule has 20 heavy (non-hydrogen) atoms. The molecule has 2 aromatic rings. The highest BCUT2D eigenvalue weighted by molar-refractivity contribution is 7.89. The van der Waals surface area contributed by atoms with Crippen molar-refractivity contribution in [3.8, 4) is 0 Å². The predicted octanol–water partition coefficient (Wildman–Crippen LogP) is 2.03. The summed E-state index contributed by atoms with van der Waals surface area (Å²) in [6.45, 7) is 6.86. The minimum atomic E-state index is -3.65. The summed E-state index contributed by atoms with van der Waals surface area (Å²) in [5.41, 5.74) is 1.30. The molecule has 0 radical (unpaired) electrons. The highest BCUT2D eigenvalue weighted by atomic mass is 32.2. The molecule has 0 aliphatic carbocycles. The van der Waals surface area contributed by atoms with Gasteiger partial charge in [-0.3, -0.25) is 9.97 Å². The molecule has 0 aliphatic heterocycles. The standard InChI is InChI=1S/C13H17N3O3S/c1-8-7-12(11(4)19-8)20(17,18)16-10(3)13-9(2)14-5-6-15-13/h5-7,10,16H,1-4H3/t10-/m1/s1. The number of furan rings is 1. The lowest BCUT2D eigenvalue weighted by Crippen LogP contribution is -2.28. The first-order valence-electron chi connectivity index (χ1n) is 6.18. The van der Waals surface area contributed by atoms with Crippen molar-refractivity contribution in [2.45, 2.75) is 38.6 Å². The Balaban J connectivity index is 2.29. The molecule has 0 saturated heterocycles. The van der Waals surface area contributed by atoms with E-state index in [-0.39, 0.29) is 4.90 Å². The van der Waals surface area contributed by atoms with E-state index in [1.165, 1.54) is 6.07 Å². The van der Waals surface area contributed by atoms with Gasteiger partial charge >= 0.3 is 0 Å². The number of rotatable bonds is 4. The van der Waals surface area contributed by atoms with Gasteiger partial charge in [0.15, 0.2) is 0 Å². The minimum absolute atomic E-state index is 0.156. The summed E-state index contributed by atoms with van der Waals surface area (Å²) in [7, 11) is -3.65. The molecule has 0 unspecified atom stereocenters. The molecule has 0 fully saturated rings. The molecule has 0 aliphatic rings. The van der Waals surface area contributed by atoms with Crippen molar-refractivity contribution in [3.63, 3.8) is 0 Å². The zero-order chi connectivity index (χ0) is 14.9. The highest BCUT2D eigenvalue weighted by Crippen LogP contribution is 2.22. The van der Waals surface area contributed by atoms with Crippen molar-refractivity contribution in [2.24, 2.45) is 0 Å². The molecule has 0 bridgehead atoms. The zero-order valence-corrected chi connectivity index (χ0v) is 12.7. The van der Waals surface area contributed by atoms with Gasteiger partial charge in [0.2, 0.25) is 10.0 Å². The van der Waals surface area contributed by atoms with Crippen molar-refractivity contribution in [3.05, 3.63) is 41.4 Å². The molecule has 2 rings (SSSR count). The van der Waals surface area contributed by atoms with Crippen LogP contribution in [0.15, 0.2) is 27.8 Å². The van der Waals surface area contributed by atoms with Crippen molar-refractivity contribution in [2.75, 3.05) is 0 Å². The number of hydrogen-bond donors (Lipinski definition) is 1. The topological polar surface area (TPSA) is 85.1 Å². The molecular weight excluding hydrogens is 278 g/mol. The van der Waals surface area contributed by atoms with Crippen LogP contribution < -0.4 is 4.72 Å². The third-order valence-corrected chi connectivity index (χ3v) is 4.59. The number of aromatic nitrogens is 2. The van der Waals surface area contributed by atoms with E-state index < -0.39 is 16.1 Å². The summed E-state index contributed by atoms with van der Waals surface area (Å²) >= 11 is 0. The van der Waals surface area contributed by atoms with Gasteiger partial charge in [0, 0.05) is 12.4 Å². The second-order valence-corrected chi connectivity index (χ2v) is 6.33. The van der Waals surface area contributed by atoms with E-state index in [1.54, 1.807) is 40.1 Å².